The SMILES string of the molecule is C[C@H](C(O)C(F)(F)F)[C@H]1CC[C@H]2C3CCC4C[C@@](C)(OC(=O)c5ccccc5)CC[C@]4(C)[C@H]3CC[C@]12C. The van der Waals surface area contributed by atoms with Crippen molar-refractivity contribution in [3.05, 3.63) is 35.9 Å². The molecule has 1 N–H and O–H groups in total. The van der Waals surface area contributed by atoms with Gasteiger partial charge in [-0.1, -0.05) is 39.0 Å². The molecule has 0 saturated heterocycles. The van der Waals surface area contributed by atoms with E-state index < -0.39 is 23.8 Å². The lowest BCUT2D eigenvalue weighted by Crippen LogP contribution is -2.56. The first-order valence-electron chi connectivity index (χ1n) is 14.3. The Bertz CT molecular complexity index is 995. The van der Waals surface area contributed by atoms with Gasteiger partial charge in [-0.3, -0.25) is 0 Å². The summed E-state index contributed by atoms with van der Waals surface area (Å²) in [7, 11) is 0. The highest BCUT2D eigenvalue weighted by Crippen LogP contribution is 2.69. The van der Waals surface area contributed by atoms with Gasteiger partial charge in [-0.05, 0) is 123 Å². The van der Waals surface area contributed by atoms with Crippen molar-refractivity contribution in [2.45, 2.75) is 103 Å². The van der Waals surface area contributed by atoms with E-state index in [1.807, 2.05) is 18.2 Å². The molecule has 0 radical (unpaired) electrons. The summed E-state index contributed by atoms with van der Waals surface area (Å²) in [6, 6.07) is 9.20. The van der Waals surface area contributed by atoms with Gasteiger partial charge in [0.05, 0.1) is 5.56 Å². The standard InChI is InChI=1S/C31H43F3O3/c1-19(26(35)31(32,33)34)23-12-13-24-22-11-10-21-18-28(2,37-27(36)20-8-6-5-7-9-20)16-17-29(21,3)25(22)14-15-30(23,24)4/h5-9,19,21-26,35H,10-18H2,1-4H3/t19-,21?,22?,23+,24-,25-,26?,28-,29-,30+/m0/s1. The number of hydrogen-bond acceptors (Lipinski definition) is 3. The molecule has 37 heavy (non-hydrogen) atoms. The summed E-state index contributed by atoms with van der Waals surface area (Å²) < 4.78 is 46.2. The van der Waals surface area contributed by atoms with Crippen molar-refractivity contribution >= 4 is 5.97 Å². The summed E-state index contributed by atoms with van der Waals surface area (Å²) in [5.41, 5.74) is 0.171. The maximum atomic E-state index is 13.4. The number of ether oxygens (including phenoxy) is 1. The van der Waals surface area contributed by atoms with E-state index in [4.69, 9.17) is 4.74 Å². The number of fused-ring (bicyclic) bond motifs is 5. The second kappa shape index (κ2) is 9.27. The number of alkyl halides is 3. The number of halogens is 3. The highest BCUT2D eigenvalue weighted by Gasteiger charge is 2.63. The quantitative estimate of drug-likeness (QED) is 0.412. The molecule has 4 fully saturated rings. The molecule has 4 aliphatic carbocycles. The van der Waals surface area contributed by atoms with E-state index in [-0.39, 0.29) is 22.7 Å². The average Bonchev–Trinajstić information content (AvgIpc) is 3.20. The summed E-state index contributed by atoms with van der Waals surface area (Å²) in [4.78, 5) is 12.8. The van der Waals surface area contributed by atoms with Crippen molar-refractivity contribution in [3.8, 4) is 0 Å². The van der Waals surface area contributed by atoms with Crippen molar-refractivity contribution in [2.24, 2.45) is 46.3 Å². The lowest BCUT2D eigenvalue weighted by molar-refractivity contribution is -0.228. The molecule has 4 aliphatic rings. The minimum absolute atomic E-state index is 0.0901. The monoisotopic (exact) mass is 520 g/mol. The number of carbonyl (C=O) groups is 1. The van der Waals surface area contributed by atoms with Crippen molar-refractivity contribution in [2.75, 3.05) is 0 Å². The third kappa shape index (κ3) is 4.53. The van der Waals surface area contributed by atoms with Crippen LogP contribution in [0.4, 0.5) is 13.2 Å². The van der Waals surface area contributed by atoms with Crippen LogP contribution in [0.2, 0.25) is 0 Å². The Morgan fingerprint density at radius 2 is 1.62 bits per heavy atom. The van der Waals surface area contributed by atoms with Crippen molar-refractivity contribution < 1.29 is 27.8 Å². The molecule has 0 heterocycles. The molecule has 0 spiro atoms. The van der Waals surface area contributed by atoms with Crippen LogP contribution in [0.5, 0.6) is 0 Å². The first-order chi connectivity index (χ1) is 17.3. The van der Waals surface area contributed by atoms with E-state index in [0.29, 0.717) is 29.2 Å². The predicted octanol–water partition coefficient (Wildman–Crippen LogP) is 7.82. The Kier molecular flexibility index (Phi) is 6.77. The van der Waals surface area contributed by atoms with Crippen LogP contribution in [-0.2, 0) is 4.74 Å². The number of benzene rings is 1. The van der Waals surface area contributed by atoms with Gasteiger partial charge in [0, 0.05) is 0 Å². The first kappa shape index (κ1) is 27.0. The van der Waals surface area contributed by atoms with E-state index in [2.05, 4.69) is 20.8 Å². The molecular formula is C31H43F3O3. The van der Waals surface area contributed by atoms with E-state index >= 15 is 0 Å². The van der Waals surface area contributed by atoms with Crippen LogP contribution in [0, 0.1) is 46.3 Å². The van der Waals surface area contributed by atoms with Crippen LogP contribution in [0.25, 0.3) is 0 Å². The van der Waals surface area contributed by atoms with Crippen LogP contribution in [-0.4, -0.2) is 29.0 Å². The van der Waals surface area contributed by atoms with Gasteiger partial charge in [0.2, 0.25) is 0 Å². The zero-order chi connectivity index (χ0) is 26.8. The van der Waals surface area contributed by atoms with Crippen LogP contribution in [0.1, 0.15) is 95.8 Å². The third-order valence-electron chi connectivity index (χ3n) is 11.8. The normalized spacial score (nSPS) is 43.2. The topological polar surface area (TPSA) is 46.5 Å². The van der Waals surface area contributed by atoms with Gasteiger partial charge in [-0.2, -0.15) is 13.2 Å². The average molecular weight is 521 g/mol. The Morgan fingerprint density at radius 3 is 2.30 bits per heavy atom. The molecule has 1 aromatic carbocycles. The largest absolute Gasteiger partial charge is 0.456 e. The summed E-state index contributed by atoms with van der Waals surface area (Å²) in [6.07, 6.45) is 1.90. The van der Waals surface area contributed by atoms with E-state index in [0.717, 1.165) is 57.8 Å². The van der Waals surface area contributed by atoms with Gasteiger partial charge in [0.15, 0.2) is 6.10 Å². The van der Waals surface area contributed by atoms with Gasteiger partial charge in [0.1, 0.15) is 5.60 Å². The van der Waals surface area contributed by atoms with Crippen molar-refractivity contribution in [3.63, 3.8) is 0 Å². The zero-order valence-corrected chi connectivity index (χ0v) is 22.7. The van der Waals surface area contributed by atoms with E-state index in [1.54, 1.807) is 19.1 Å². The molecule has 206 valence electrons. The van der Waals surface area contributed by atoms with Crippen LogP contribution >= 0.6 is 0 Å². The molecule has 1 aromatic rings. The number of hydrogen-bond donors (Lipinski definition) is 1. The van der Waals surface area contributed by atoms with Gasteiger partial charge in [-0.25, -0.2) is 4.79 Å². The fourth-order valence-electron chi connectivity index (χ4n) is 9.79. The molecule has 3 unspecified atom stereocenters. The third-order valence-corrected chi connectivity index (χ3v) is 11.8. The minimum Gasteiger partial charge on any atom is -0.456 e. The maximum absolute atomic E-state index is 13.4. The van der Waals surface area contributed by atoms with Crippen LogP contribution < -0.4 is 0 Å². The van der Waals surface area contributed by atoms with Gasteiger partial charge < -0.3 is 9.84 Å². The maximum Gasteiger partial charge on any atom is 0.414 e. The Morgan fingerprint density at radius 1 is 0.946 bits per heavy atom. The van der Waals surface area contributed by atoms with Gasteiger partial charge in [-0.15, -0.1) is 0 Å². The first-order valence-corrected chi connectivity index (χ1v) is 14.3. The summed E-state index contributed by atoms with van der Waals surface area (Å²) in [5.74, 6) is 0.920. The highest BCUT2D eigenvalue weighted by atomic mass is 19.4. The molecular weight excluding hydrogens is 477 g/mol. The molecule has 4 saturated carbocycles. The zero-order valence-electron chi connectivity index (χ0n) is 22.7. The molecule has 0 aromatic heterocycles. The number of carbonyl (C=O) groups excluding carboxylic acids is 1. The van der Waals surface area contributed by atoms with Crippen LogP contribution in [0.3, 0.4) is 0 Å². The summed E-state index contributed by atoms with van der Waals surface area (Å²) in [6.45, 7) is 8.37. The Labute approximate surface area is 219 Å². The van der Waals surface area contributed by atoms with E-state index in [9.17, 15) is 23.1 Å². The summed E-state index contributed by atoms with van der Waals surface area (Å²) >= 11 is 0. The predicted molar refractivity (Wildman–Crippen MR) is 137 cm³/mol. The number of esters is 1. The fraction of sp³-hybridized carbons (Fsp3) is 0.774. The lowest BCUT2D eigenvalue weighted by atomic mass is 9.43. The molecule has 0 aliphatic heterocycles. The molecule has 6 heteroatoms. The molecule has 10 atom stereocenters. The molecule has 0 amide bonds. The summed E-state index contributed by atoms with van der Waals surface area (Å²) in [5, 5.41) is 10.1. The van der Waals surface area contributed by atoms with Crippen molar-refractivity contribution in [1.82, 2.24) is 0 Å². The number of aliphatic hydroxyl groups excluding tert-OH is 1. The second-order valence-corrected chi connectivity index (χ2v) is 13.6. The smallest absolute Gasteiger partial charge is 0.414 e. The van der Waals surface area contributed by atoms with Crippen molar-refractivity contribution in [1.29, 1.82) is 0 Å². The van der Waals surface area contributed by atoms with Gasteiger partial charge >= 0.3 is 12.1 Å². The second-order valence-electron chi connectivity index (χ2n) is 13.6. The molecule has 3 nitrogen and oxygen atoms in total. The molecule has 5 rings (SSSR count). The minimum atomic E-state index is -4.56. The molecule has 0 bridgehead atoms. The van der Waals surface area contributed by atoms with E-state index in [1.165, 1.54) is 0 Å². The van der Waals surface area contributed by atoms with Crippen LogP contribution in [0.15, 0.2) is 30.3 Å². The number of rotatable bonds is 4. The highest BCUT2D eigenvalue weighted by molar-refractivity contribution is 5.89. The number of aliphatic hydroxyl groups is 1. The Hall–Kier alpha value is -1.56. The van der Waals surface area contributed by atoms with Gasteiger partial charge in [0.25, 0.3) is 0 Å². The lowest BCUT2D eigenvalue weighted by Gasteiger charge is -2.62. The Balaban J connectivity index is 1.30. The fourth-order valence-corrected chi connectivity index (χ4v) is 9.79.